The maximum atomic E-state index is 11.6. The summed E-state index contributed by atoms with van der Waals surface area (Å²) < 4.78 is 6.17. The van der Waals surface area contributed by atoms with Crippen LogP contribution in [0.25, 0.3) is 20.8 Å². The molecule has 0 fully saturated rings. The van der Waals surface area contributed by atoms with Crippen molar-refractivity contribution in [1.82, 2.24) is 4.98 Å². The molecule has 2 aromatic carbocycles. The van der Waals surface area contributed by atoms with E-state index >= 15 is 0 Å². The van der Waals surface area contributed by atoms with Crippen LogP contribution in [-0.2, 0) is 0 Å². The highest BCUT2D eigenvalue weighted by Crippen LogP contribution is 2.34. The van der Waals surface area contributed by atoms with Crippen LogP contribution in [0.3, 0.4) is 0 Å². The van der Waals surface area contributed by atoms with Crippen molar-refractivity contribution in [1.29, 1.82) is 0 Å². The molecule has 6 heteroatoms. The van der Waals surface area contributed by atoms with E-state index in [1.54, 1.807) is 31.4 Å². The number of benzene rings is 2. The number of nitrogens with zero attached hydrogens (tertiary/aromatic N) is 1. The van der Waals surface area contributed by atoms with E-state index in [-0.39, 0.29) is 0 Å². The molecule has 1 amide bonds. The van der Waals surface area contributed by atoms with Gasteiger partial charge in [-0.05, 0) is 36.4 Å². The van der Waals surface area contributed by atoms with Gasteiger partial charge in [0.05, 0.1) is 17.3 Å². The number of methoxy groups -OCH3 is 1. The molecular weight excluding hydrogens is 286 g/mol. The zero-order valence-electron chi connectivity index (χ0n) is 11.3. The second kappa shape index (κ2) is 5.06. The fourth-order valence-electron chi connectivity index (χ4n) is 2.10. The second-order valence-electron chi connectivity index (χ2n) is 4.52. The number of rotatable bonds is 3. The number of nitrogens with two attached hydrogens (primary N) is 2. The SMILES string of the molecule is COc1ccc(C(N)=O)c(-c2nc3ccc(N)cc3s2)c1. The summed E-state index contributed by atoms with van der Waals surface area (Å²) in [6.07, 6.45) is 0. The molecule has 1 aromatic heterocycles. The first-order valence-corrected chi connectivity index (χ1v) is 7.04. The Labute approximate surface area is 125 Å². The van der Waals surface area contributed by atoms with Crippen LogP contribution < -0.4 is 16.2 Å². The molecule has 0 unspecified atom stereocenters. The Hall–Kier alpha value is -2.60. The lowest BCUT2D eigenvalue weighted by Gasteiger charge is -2.06. The number of ether oxygens (including phenoxy) is 1. The van der Waals surface area contributed by atoms with Crippen LogP contribution in [0.1, 0.15) is 10.4 Å². The number of anilines is 1. The maximum absolute atomic E-state index is 11.6. The molecule has 0 radical (unpaired) electrons. The number of carbonyl (C=O) groups is 1. The van der Waals surface area contributed by atoms with Gasteiger partial charge < -0.3 is 16.2 Å². The number of thiazole rings is 1. The molecule has 4 N–H and O–H groups in total. The normalized spacial score (nSPS) is 10.7. The Bertz CT molecular complexity index is 842. The van der Waals surface area contributed by atoms with Gasteiger partial charge in [0.25, 0.3) is 0 Å². The minimum Gasteiger partial charge on any atom is -0.497 e. The van der Waals surface area contributed by atoms with E-state index in [0.717, 1.165) is 10.2 Å². The molecule has 0 saturated heterocycles. The molecular formula is C15H13N3O2S. The Kier molecular flexibility index (Phi) is 3.23. The average molecular weight is 299 g/mol. The molecule has 0 bridgehead atoms. The van der Waals surface area contributed by atoms with E-state index in [4.69, 9.17) is 16.2 Å². The Morgan fingerprint density at radius 2 is 2.05 bits per heavy atom. The van der Waals surface area contributed by atoms with Crippen molar-refractivity contribution in [3.63, 3.8) is 0 Å². The van der Waals surface area contributed by atoms with Crippen LogP contribution in [0.4, 0.5) is 5.69 Å². The molecule has 0 atom stereocenters. The first kappa shape index (κ1) is 13.4. The van der Waals surface area contributed by atoms with Crippen LogP contribution >= 0.6 is 11.3 Å². The molecule has 106 valence electrons. The number of nitrogen functional groups attached to an aromatic ring is 1. The second-order valence-corrected chi connectivity index (χ2v) is 5.55. The molecule has 21 heavy (non-hydrogen) atoms. The number of carbonyl (C=O) groups excluding carboxylic acids is 1. The van der Waals surface area contributed by atoms with Gasteiger partial charge in [-0.25, -0.2) is 4.98 Å². The summed E-state index contributed by atoms with van der Waals surface area (Å²) in [5.41, 5.74) is 13.8. The summed E-state index contributed by atoms with van der Waals surface area (Å²) in [5.74, 6) is 0.153. The fourth-order valence-corrected chi connectivity index (χ4v) is 3.14. The standard InChI is InChI=1S/C15H13N3O2S/c1-20-9-3-4-10(14(17)19)11(7-9)15-18-12-5-2-8(16)6-13(12)21-15/h2-7H,16H2,1H3,(H2,17,19). The zero-order chi connectivity index (χ0) is 15.0. The fraction of sp³-hybridized carbons (Fsp3) is 0.0667. The highest BCUT2D eigenvalue weighted by atomic mass is 32.1. The lowest BCUT2D eigenvalue weighted by atomic mass is 10.1. The number of hydrogen-bond acceptors (Lipinski definition) is 5. The van der Waals surface area contributed by atoms with Crippen molar-refractivity contribution in [3.8, 4) is 16.3 Å². The summed E-state index contributed by atoms with van der Waals surface area (Å²) in [7, 11) is 1.57. The van der Waals surface area contributed by atoms with Crippen molar-refractivity contribution in [2.24, 2.45) is 5.73 Å². The first-order valence-electron chi connectivity index (χ1n) is 6.23. The van der Waals surface area contributed by atoms with Crippen LogP contribution in [0.5, 0.6) is 5.75 Å². The third-order valence-electron chi connectivity index (χ3n) is 3.14. The Morgan fingerprint density at radius 1 is 1.24 bits per heavy atom. The zero-order valence-corrected chi connectivity index (χ0v) is 12.1. The Balaban J connectivity index is 2.22. The largest absolute Gasteiger partial charge is 0.497 e. The molecule has 3 rings (SSSR count). The van der Waals surface area contributed by atoms with Gasteiger partial charge in [-0.15, -0.1) is 11.3 Å². The molecule has 3 aromatic rings. The van der Waals surface area contributed by atoms with Gasteiger partial charge in [0.2, 0.25) is 5.91 Å². The summed E-state index contributed by atoms with van der Waals surface area (Å²) in [5, 5.41) is 0.711. The Morgan fingerprint density at radius 3 is 2.76 bits per heavy atom. The van der Waals surface area contributed by atoms with E-state index in [2.05, 4.69) is 4.98 Å². The predicted molar refractivity (Wildman–Crippen MR) is 84.5 cm³/mol. The summed E-state index contributed by atoms with van der Waals surface area (Å²) in [4.78, 5) is 16.1. The van der Waals surface area contributed by atoms with Crippen LogP contribution in [0.2, 0.25) is 0 Å². The summed E-state index contributed by atoms with van der Waals surface area (Å²) in [6.45, 7) is 0. The highest BCUT2D eigenvalue weighted by molar-refractivity contribution is 7.21. The number of primary amides is 1. The lowest BCUT2D eigenvalue weighted by molar-refractivity contribution is 0.100. The average Bonchev–Trinajstić information content (AvgIpc) is 2.89. The molecule has 0 aliphatic rings. The van der Waals surface area contributed by atoms with Crippen molar-refractivity contribution < 1.29 is 9.53 Å². The molecule has 0 spiro atoms. The van der Waals surface area contributed by atoms with E-state index < -0.39 is 5.91 Å². The van der Waals surface area contributed by atoms with Gasteiger partial charge in [-0.2, -0.15) is 0 Å². The minimum absolute atomic E-state index is 0.419. The monoisotopic (exact) mass is 299 g/mol. The van der Waals surface area contributed by atoms with Crippen molar-refractivity contribution >= 4 is 33.1 Å². The quantitative estimate of drug-likeness (QED) is 0.727. The van der Waals surface area contributed by atoms with Crippen LogP contribution in [0.15, 0.2) is 36.4 Å². The molecule has 0 aliphatic heterocycles. The van der Waals surface area contributed by atoms with E-state index in [0.29, 0.717) is 27.6 Å². The van der Waals surface area contributed by atoms with Gasteiger partial charge in [-0.3, -0.25) is 4.79 Å². The number of amides is 1. The van der Waals surface area contributed by atoms with Gasteiger partial charge in [0.15, 0.2) is 0 Å². The van der Waals surface area contributed by atoms with Crippen LogP contribution in [-0.4, -0.2) is 18.0 Å². The number of fused-ring (bicyclic) bond motifs is 1. The van der Waals surface area contributed by atoms with E-state index in [1.165, 1.54) is 11.3 Å². The lowest BCUT2D eigenvalue weighted by Crippen LogP contribution is -2.12. The number of aromatic nitrogens is 1. The number of hydrogen-bond donors (Lipinski definition) is 2. The smallest absolute Gasteiger partial charge is 0.249 e. The predicted octanol–water partition coefficient (Wildman–Crippen LogP) is 2.65. The summed E-state index contributed by atoms with van der Waals surface area (Å²) in [6, 6.07) is 10.6. The van der Waals surface area contributed by atoms with E-state index in [1.807, 2.05) is 12.1 Å². The van der Waals surface area contributed by atoms with Gasteiger partial charge >= 0.3 is 0 Å². The molecule has 0 saturated carbocycles. The maximum Gasteiger partial charge on any atom is 0.249 e. The first-order chi connectivity index (χ1) is 10.1. The van der Waals surface area contributed by atoms with E-state index in [9.17, 15) is 4.79 Å². The van der Waals surface area contributed by atoms with Gasteiger partial charge in [-0.1, -0.05) is 0 Å². The summed E-state index contributed by atoms with van der Waals surface area (Å²) >= 11 is 1.46. The molecule has 0 aliphatic carbocycles. The third-order valence-corrected chi connectivity index (χ3v) is 4.19. The van der Waals surface area contributed by atoms with Crippen molar-refractivity contribution in [2.45, 2.75) is 0 Å². The van der Waals surface area contributed by atoms with Gasteiger partial charge in [0.1, 0.15) is 10.8 Å². The molecule has 5 nitrogen and oxygen atoms in total. The van der Waals surface area contributed by atoms with Crippen molar-refractivity contribution in [3.05, 3.63) is 42.0 Å². The van der Waals surface area contributed by atoms with Crippen molar-refractivity contribution in [2.75, 3.05) is 12.8 Å². The molecule has 1 heterocycles. The van der Waals surface area contributed by atoms with Gasteiger partial charge in [0, 0.05) is 16.8 Å². The highest BCUT2D eigenvalue weighted by Gasteiger charge is 2.15. The third kappa shape index (κ3) is 2.41. The van der Waals surface area contributed by atoms with Crippen LogP contribution in [0, 0.1) is 0 Å². The minimum atomic E-state index is -0.494. The topological polar surface area (TPSA) is 91.2 Å².